The Morgan fingerprint density at radius 3 is 2.31 bits per heavy atom. The van der Waals surface area contributed by atoms with Gasteiger partial charge in [-0.05, 0) is 50.6 Å². The highest BCUT2D eigenvalue weighted by Crippen LogP contribution is 2.26. The largest absolute Gasteiger partial charge is 0.494 e. The summed E-state index contributed by atoms with van der Waals surface area (Å²) in [7, 11) is 0. The lowest BCUT2D eigenvalue weighted by atomic mass is 10.1. The number of carbonyl (C=O) groups excluding carboxylic acids is 1. The summed E-state index contributed by atoms with van der Waals surface area (Å²) in [6, 6.07) is 13.7. The number of hydrogen-bond acceptors (Lipinski definition) is 5. The summed E-state index contributed by atoms with van der Waals surface area (Å²) in [6.07, 6.45) is 0. The molecule has 2 aromatic carbocycles. The molecular weight excluding hydrogens is 352 g/mol. The van der Waals surface area contributed by atoms with Crippen molar-refractivity contribution < 1.29 is 14.5 Å². The summed E-state index contributed by atoms with van der Waals surface area (Å²) in [4.78, 5) is 23.5. The van der Waals surface area contributed by atoms with Gasteiger partial charge in [0, 0.05) is 17.0 Å². The number of nitrogens with zero attached hydrogens (tertiary/aromatic N) is 1. The lowest BCUT2D eigenvalue weighted by Gasteiger charge is -2.18. The van der Waals surface area contributed by atoms with Crippen molar-refractivity contribution >= 4 is 23.4 Å². The molecule has 0 saturated heterocycles. The molecule has 0 aliphatic heterocycles. The van der Waals surface area contributed by atoms with E-state index in [1.54, 1.807) is 12.1 Å². The summed E-state index contributed by atoms with van der Waals surface area (Å²) < 4.78 is 5.42. The molecule has 0 aromatic heterocycles. The van der Waals surface area contributed by atoms with Crippen molar-refractivity contribution in [1.29, 1.82) is 0 Å². The molecule has 0 aliphatic carbocycles. The van der Waals surface area contributed by atoms with E-state index in [4.69, 9.17) is 4.74 Å². The zero-order chi connectivity index (χ0) is 19.1. The first-order valence-corrected chi connectivity index (χ1v) is 9.23. The molecule has 0 spiro atoms. The van der Waals surface area contributed by atoms with E-state index in [1.165, 1.54) is 23.9 Å². The first-order chi connectivity index (χ1) is 12.4. The van der Waals surface area contributed by atoms with Gasteiger partial charge in [0.25, 0.3) is 5.69 Å². The maximum Gasteiger partial charge on any atom is 0.269 e. The minimum atomic E-state index is -0.441. The van der Waals surface area contributed by atoms with Crippen LogP contribution in [0.4, 0.5) is 5.69 Å². The van der Waals surface area contributed by atoms with E-state index in [0.29, 0.717) is 6.61 Å². The molecule has 1 amide bonds. The lowest BCUT2D eigenvalue weighted by Crippen LogP contribution is -2.33. The van der Waals surface area contributed by atoms with Gasteiger partial charge >= 0.3 is 0 Å². The topological polar surface area (TPSA) is 81.5 Å². The molecule has 0 fully saturated rings. The van der Waals surface area contributed by atoms with E-state index in [9.17, 15) is 14.9 Å². The van der Waals surface area contributed by atoms with Gasteiger partial charge in [0.1, 0.15) is 5.75 Å². The van der Waals surface area contributed by atoms with Crippen LogP contribution in [0.15, 0.2) is 53.4 Å². The molecule has 2 aromatic rings. The van der Waals surface area contributed by atoms with Crippen molar-refractivity contribution in [2.24, 2.45) is 0 Å². The molecular formula is C19H22N2O4S. The summed E-state index contributed by atoms with van der Waals surface area (Å²) in [6.45, 7) is 6.28. The summed E-state index contributed by atoms with van der Waals surface area (Å²) in [5.74, 6) is 0.714. The highest BCUT2D eigenvalue weighted by Gasteiger charge is 2.18. The third kappa shape index (κ3) is 5.49. The smallest absolute Gasteiger partial charge is 0.269 e. The number of rotatable bonds is 8. The molecule has 0 aliphatic rings. The van der Waals surface area contributed by atoms with E-state index in [1.807, 2.05) is 45.0 Å². The fourth-order valence-electron chi connectivity index (χ4n) is 2.34. The Bertz CT molecular complexity index is 747. The second-order valence-electron chi connectivity index (χ2n) is 5.74. The van der Waals surface area contributed by atoms with Gasteiger partial charge in [-0.25, -0.2) is 0 Å². The minimum Gasteiger partial charge on any atom is -0.494 e. The fraction of sp³-hybridized carbons (Fsp3) is 0.316. The molecule has 0 bridgehead atoms. The Morgan fingerprint density at radius 1 is 1.15 bits per heavy atom. The van der Waals surface area contributed by atoms with E-state index in [2.05, 4.69) is 5.32 Å². The quantitative estimate of drug-likeness (QED) is 0.422. The fourth-order valence-corrected chi connectivity index (χ4v) is 3.21. The molecule has 6 nitrogen and oxygen atoms in total. The number of non-ortho nitro benzene ring substituents is 1. The number of ether oxygens (including phenoxy) is 1. The van der Waals surface area contributed by atoms with Gasteiger partial charge in [0.2, 0.25) is 5.91 Å². The number of benzene rings is 2. The molecule has 2 atom stereocenters. The SMILES string of the molecule is CCOc1ccc(C(C)NC(=O)C(C)Sc2ccc([N+](=O)[O-])cc2)cc1. The van der Waals surface area contributed by atoms with Crippen molar-refractivity contribution in [3.63, 3.8) is 0 Å². The monoisotopic (exact) mass is 374 g/mol. The second kappa shape index (κ2) is 9.24. The van der Waals surface area contributed by atoms with Crippen molar-refractivity contribution in [1.82, 2.24) is 5.32 Å². The Balaban J connectivity index is 1.91. The van der Waals surface area contributed by atoms with Crippen LogP contribution in [0.2, 0.25) is 0 Å². The third-order valence-corrected chi connectivity index (χ3v) is 4.89. The van der Waals surface area contributed by atoms with Gasteiger partial charge in [0.05, 0.1) is 22.8 Å². The average molecular weight is 374 g/mol. The van der Waals surface area contributed by atoms with Crippen LogP contribution in [0, 0.1) is 10.1 Å². The van der Waals surface area contributed by atoms with Crippen LogP contribution in [0.25, 0.3) is 0 Å². The van der Waals surface area contributed by atoms with Crippen molar-refractivity contribution in [3.8, 4) is 5.75 Å². The van der Waals surface area contributed by atoms with E-state index in [-0.39, 0.29) is 22.9 Å². The Kier molecular flexibility index (Phi) is 7.03. The number of carbonyl (C=O) groups is 1. The molecule has 0 radical (unpaired) electrons. The van der Waals surface area contributed by atoms with Gasteiger partial charge in [-0.3, -0.25) is 14.9 Å². The summed E-state index contributed by atoms with van der Waals surface area (Å²) >= 11 is 1.36. The van der Waals surface area contributed by atoms with Crippen molar-refractivity contribution in [3.05, 3.63) is 64.2 Å². The molecule has 1 N–H and O–H groups in total. The molecule has 2 rings (SSSR count). The van der Waals surface area contributed by atoms with E-state index < -0.39 is 4.92 Å². The van der Waals surface area contributed by atoms with Gasteiger partial charge in [0.15, 0.2) is 0 Å². The van der Waals surface area contributed by atoms with E-state index in [0.717, 1.165) is 16.2 Å². The Morgan fingerprint density at radius 2 is 1.77 bits per heavy atom. The highest BCUT2D eigenvalue weighted by molar-refractivity contribution is 8.00. The average Bonchev–Trinajstić information content (AvgIpc) is 2.63. The van der Waals surface area contributed by atoms with Gasteiger partial charge in [-0.1, -0.05) is 12.1 Å². The highest BCUT2D eigenvalue weighted by atomic mass is 32.2. The van der Waals surface area contributed by atoms with Crippen LogP contribution in [-0.2, 0) is 4.79 Å². The maximum absolute atomic E-state index is 12.4. The Hall–Kier alpha value is -2.54. The zero-order valence-corrected chi connectivity index (χ0v) is 15.8. The van der Waals surface area contributed by atoms with Crippen LogP contribution in [0.1, 0.15) is 32.4 Å². The predicted octanol–water partition coefficient (Wildman–Crippen LogP) is 4.35. The van der Waals surface area contributed by atoms with E-state index >= 15 is 0 Å². The number of nitro groups is 1. The van der Waals surface area contributed by atoms with Crippen molar-refractivity contribution in [2.75, 3.05) is 6.61 Å². The minimum absolute atomic E-state index is 0.0376. The molecule has 2 unspecified atom stereocenters. The number of hydrogen-bond donors (Lipinski definition) is 1. The van der Waals surface area contributed by atoms with Crippen LogP contribution in [0.3, 0.4) is 0 Å². The van der Waals surface area contributed by atoms with Crippen LogP contribution in [-0.4, -0.2) is 22.7 Å². The number of amides is 1. The summed E-state index contributed by atoms with van der Waals surface area (Å²) in [5, 5.41) is 13.4. The molecule has 7 heteroatoms. The predicted molar refractivity (Wildman–Crippen MR) is 103 cm³/mol. The summed E-state index contributed by atoms with van der Waals surface area (Å²) in [5.41, 5.74) is 1.03. The lowest BCUT2D eigenvalue weighted by molar-refractivity contribution is -0.384. The van der Waals surface area contributed by atoms with Crippen LogP contribution >= 0.6 is 11.8 Å². The van der Waals surface area contributed by atoms with Gasteiger partial charge in [-0.15, -0.1) is 11.8 Å². The normalized spacial score (nSPS) is 12.9. The number of nitro benzene ring substituents is 1. The Labute approximate surface area is 157 Å². The maximum atomic E-state index is 12.4. The van der Waals surface area contributed by atoms with Crippen LogP contribution < -0.4 is 10.1 Å². The first-order valence-electron chi connectivity index (χ1n) is 8.35. The molecule has 26 heavy (non-hydrogen) atoms. The number of nitrogens with one attached hydrogen (secondary N) is 1. The zero-order valence-electron chi connectivity index (χ0n) is 15.0. The van der Waals surface area contributed by atoms with Crippen molar-refractivity contribution in [2.45, 2.75) is 37.0 Å². The first kappa shape index (κ1) is 19.8. The standard InChI is InChI=1S/C19H22N2O4S/c1-4-25-17-9-5-15(6-10-17)13(2)20-19(22)14(3)26-18-11-7-16(8-12-18)21(23)24/h5-14H,4H2,1-3H3,(H,20,22). The van der Waals surface area contributed by atoms with Crippen LogP contribution in [0.5, 0.6) is 5.75 Å². The third-order valence-electron chi connectivity index (χ3n) is 3.78. The van der Waals surface area contributed by atoms with Gasteiger partial charge in [-0.2, -0.15) is 0 Å². The van der Waals surface area contributed by atoms with Gasteiger partial charge < -0.3 is 10.1 Å². The second-order valence-corrected chi connectivity index (χ2v) is 7.16. The molecule has 138 valence electrons. The number of thioether (sulfide) groups is 1. The molecule has 0 saturated carbocycles. The molecule has 0 heterocycles.